The van der Waals surface area contributed by atoms with E-state index >= 15 is 0 Å². The molecule has 17 nitrogen and oxygen atoms in total. The van der Waals surface area contributed by atoms with Crippen molar-refractivity contribution in [1.29, 1.82) is 0 Å². The highest BCUT2D eigenvalue weighted by Gasteiger charge is 2.42. The number of carbonyl (C=O) groups is 4. The lowest BCUT2D eigenvalue weighted by Crippen LogP contribution is -2.53. The second-order valence-electron chi connectivity index (χ2n) is 17.0. The van der Waals surface area contributed by atoms with Crippen LogP contribution < -0.4 is 10.6 Å². The minimum atomic E-state index is -1.07. The number of hydrogen-bond acceptors (Lipinski definition) is 11. The zero-order valence-corrected chi connectivity index (χ0v) is 36.5. The van der Waals surface area contributed by atoms with Gasteiger partial charge in [0.15, 0.2) is 6.04 Å². The number of imidazole rings is 2. The summed E-state index contributed by atoms with van der Waals surface area (Å²) in [6, 6.07) is 18.7. The third-order valence-corrected chi connectivity index (χ3v) is 12.9. The van der Waals surface area contributed by atoms with Crippen molar-refractivity contribution in [3.05, 3.63) is 109 Å². The Hall–Kier alpha value is -7.14. The Kier molecular flexibility index (Phi) is 12.5. The van der Waals surface area contributed by atoms with E-state index in [-0.39, 0.29) is 35.7 Å². The molecule has 3 fully saturated rings. The summed E-state index contributed by atoms with van der Waals surface area (Å²) >= 11 is 0. The highest BCUT2D eigenvalue weighted by Crippen LogP contribution is 2.38. The number of hydrogen-bond donors (Lipinski definition) is 4. The SMILES string of the molecule is COC(=O)NC(C(=O)N1C[C@H](C)C[C@H]1c1ncc(-c2ccc(-c3ccc4cc(-c5cnc([C@@H]6CCCN6C(=O)[C@@H](NC(=O)OC)C6CCOCC6)[nH]5)ccc4c3)cc2)[nH]1)c1cnccn1. The molecule has 6 heterocycles. The summed E-state index contributed by atoms with van der Waals surface area (Å²) in [6.45, 7) is 4.27. The summed E-state index contributed by atoms with van der Waals surface area (Å²) in [5.74, 6) is 1.13. The first-order chi connectivity index (χ1) is 31.7. The molecule has 0 bridgehead atoms. The highest BCUT2D eigenvalue weighted by molar-refractivity contribution is 5.91. The average molecular weight is 881 g/mol. The Morgan fingerprint density at radius 1 is 0.708 bits per heavy atom. The summed E-state index contributed by atoms with van der Waals surface area (Å²) in [6.07, 6.45) is 10.4. The van der Waals surface area contributed by atoms with Gasteiger partial charge in [0.05, 0.1) is 62.0 Å². The molecule has 0 aliphatic carbocycles. The Morgan fingerprint density at radius 3 is 2.03 bits per heavy atom. The second kappa shape index (κ2) is 18.9. The van der Waals surface area contributed by atoms with Gasteiger partial charge < -0.3 is 44.6 Å². The molecule has 3 aliphatic rings. The summed E-state index contributed by atoms with van der Waals surface area (Å²) < 4.78 is 15.2. The molecule has 9 rings (SSSR count). The maximum atomic E-state index is 14.0. The molecule has 3 aromatic heterocycles. The largest absolute Gasteiger partial charge is 0.453 e. The molecule has 17 heteroatoms. The molecule has 336 valence electrons. The zero-order chi connectivity index (χ0) is 45.0. The van der Waals surface area contributed by atoms with Crippen LogP contribution in [0.2, 0.25) is 0 Å². The molecule has 65 heavy (non-hydrogen) atoms. The molecular formula is C48H52N10O7. The molecule has 5 atom stereocenters. The van der Waals surface area contributed by atoms with Crippen LogP contribution >= 0.6 is 0 Å². The number of carbonyl (C=O) groups excluding carboxylic acids is 4. The minimum absolute atomic E-state index is 0.0339. The summed E-state index contributed by atoms with van der Waals surface area (Å²) in [5, 5.41) is 7.61. The smallest absolute Gasteiger partial charge is 0.407 e. The van der Waals surface area contributed by atoms with Crippen molar-refractivity contribution >= 4 is 34.8 Å². The van der Waals surface area contributed by atoms with E-state index in [9.17, 15) is 19.2 Å². The third-order valence-electron chi connectivity index (χ3n) is 12.9. The lowest BCUT2D eigenvalue weighted by molar-refractivity contribution is -0.137. The van der Waals surface area contributed by atoms with Gasteiger partial charge in [-0.1, -0.05) is 55.5 Å². The van der Waals surface area contributed by atoms with E-state index in [1.54, 1.807) is 11.1 Å². The van der Waals surface area contributed by atoms with Crippen molar-refractivity contribution in [2.24, 2.45) is 11.8 Å². The Labute approximate surface area is 375 Å². The molecule has 0 saturated carbocycles. The van der Waals surface area contributed by atoms with Gasteiger partial charge in [0, 0.05) is 44.3 Å². The molecule has 3 aromatic carbocycles. The van der Waals surface area contributed by atoms with Crippen LogP contribution in [0.25, 0.3) is 44.4 Å². The number of nitrogens with one attached hydrogen (secondary N) is 4. The van der Waals surface area contributed by atoms with Gasteiger partial charge in [-0.25, -0.2) is 19.6 Å². The molecule has 0 spiro atoms. The normalized spacial score (nSPS) is 19.8. The number of fused-ring (bicyclic) bond motifs is 1. The fourth-order valence-corrected chi connectivity index (χ4v) is 9.46. The van der Waals surface area contributed by atoms with E-state index in [0.29, 0.717) is 57.1 Å². The number of rotatable bonds is 11. The number of likely N-dealkylation sites (tertiary alicyclic amines) is 2. The maximum absolute atomic E-state index is 14.0. The van der Waals surface area contributed by atoms with Crippen LogP contribution in [0.4, 0.5) is 9.59 Å². The lowest BCUT2D eigenvalue weighted by atomic mass is 9.90. The van der Waals surface area contributed by atoms with Gasteiger partial charge >= 0.3 is 12.2 Å². The molecule has 4 N–H and O–H groups in total. The average Bonchev–Trinajstić information content (AvgIpc) is 4.20. The Bertz CT molecular complexity index is 2660. The topological polar surface area (TPSA) is 210 Å². The van der Waals surface area contributed by atoms with Gasteiger partial charge in [-0.3, -0.25) is 19.6 Å². The molecule has 6 aromatic rings. The summed E-state index contributed by atoms with van der Waals surface area (Å²) in [4.78, 5) is 81.0. The van der Waals surface area contributed by atoms with Crippen LogP contribution in [0, 0.1) is 11.8 Å². The quantitative estimate of drug-likeness (QED) is 0.105. The Morgan fingerprint density at radius 2 is 1.34 bits per heavy atom. The maximum Gasteiger partial charge on any atom is 0.407 e. The minimum Gasteiger partial charge on any atom is -0.453 e. The monoisotopic (exact) mass is 880 g/mol. The molecule has 3 aliphatic heterocycles. The van der Waals surface area contributed by atoms with E-state index in [4.69, 9.17) is 24.2 Å². The van der Waals surface area contributed by atoms with E-state index in [1.807, 2.05) is 11.1 Å². The van der Waals surface area contributed by atoms with Crippen LogP contribution in [0.5, 0.6) is 0 Å². The molecule has 0 radical (unpaired) electrons. The van der Waals surface area contributed by atoms with Crippen molar-refractivity contribution in [3.8, 4) is 33.6 Å². The number of aromatic nitrogens is 6. The van der Waals surface area contributed by atoms with E-state index in [1.165, 1.54) is 32.8 Å². The molecule has 1 unspecified atom stereocenters. The number of ether oxygens (including phenoxy) is 3. The van der Waals surface area contributed by atoms with E-state index in [2.05, 4.69) is 98.2 Å². The first kappa shape index (κ1) is 43.1. The number of alkyl carbamates (subject to hydrolysis) is 2. The van der Waals surface area contributed by atoms with Crippen molar-refractivity contribution < 1.29 is 33.4 Å². The summed E-state index contributed by atoms with van der Waals surface area (Å²) in [5.41, 5.74) is 6.07. The lowest BCUT2D eigenvalue weighted by Gasteiger charge is -2.34. The first-order valence-electron chi connectivity index (χ1n) is 22.1. The number of H-pyrrole nitrogens is 2. The van der Waals surface area contributed by atoms with Gasteiger partial charge in [-0.05, 0) is 83.5 Å². The number of amides is 4. The van der Waals surface area contributed by atoms with Crippen molar-refractivity contribution in [1.82, 2.24) is 50.3 Å². The van der Waals surface area contributed by atoms with E-state index in [0.717, 1.165) is 63.1 Å². The predicted octanol–water partition coefficient (Wildman–Crippen LogP) is 6.90. The van der Waals surface area contributed by atoms with Crippen LogP contribution in [-0.4, -0.2) is 110 Å². The van der Waals surface area contributed by atoms with Crippen LogP contribution in [0.1, 0.15) is 74.5 Å². The number of benzene rings is 3. The van der Waals surface area contributed by atoms with Gasteiger partial charge in [0.25, 0.3) is 5.91 Å². The molecule has 4 amide bonds. The van der Waals surface area contributed by atoms with Crippen LogP contribution in [-0.2, 0) is 23.8 Å². The summed E-state index contributed by atoms with van der Waals surface area (Å²) in [7, 11) is 2.56. The zero-order valence-electron chi connectivity index (χ0n) is 36.5. The van der Waals surface area contributed by atoms with Gasteiger partial charge in [0.2, 0.25) is 5.91 Å². The fourth-order valence-electron chi connectivity index (χ4n) is 9.46. The van der Waals surface area contributed by atoms with E-state index < -0.39 is 24.3 Å². The third kappa shape index (κ3) is 9.14. The number of nitrogens with zero attached hydrogens (tertiary/aromatic N) is 6. The van der Waals surface area contributed by atoms with Crippen molar-refractivity contribution in [2.75, 3.05) is 40.5 Å². The van der Waals surface area contributed by atoms with Crippen molar-refractivity contribution in [2.45, 2.75) is 63.2 Å². The van der Waals surface area contributed by atoms with Crippen LogP contribution in [0.3, 0.4) is 0 Å². The Balaban J connectivity index is 0.875. The van der Waals surface area contributed by atoms with Gasteiger partial charge in [-0.15, -0.1) is 0 Å². The highest BCUT2D eigenvalue weighted by atomic mass is 16.5. The standard InChI is InChI=1S/C48H52N10O7/c1-28-21-40(58(27-28)46(60)42(56-48(62)64-3)38-24-49-16-17-50-38)44-52-25-36(53-44)30-8-6-29(7-9-30)32-10-11-34-23-35(13-12-33(34)22-32)37-26-51-43(54-37)39-5-4-18-57(39)45(59)41(55-47(61)63-2)31-14-19-65-20-15-31/h6-13,16-17,22-26,28,31,39-42H,4-5,14-15,18-21,27H2,1-3H3,(H,51,54)(H,52,53)(H,55,61)(H,56,62)/t28-,39+,40+,41+,42?/m1/s1. The van der Waals surface area contributed by atoms with Crippen LogP contribution in [0.15, 0.2) is 91.6 Å². The molecule has 3 saturated heterocycles. The van der Waals surface area contributed by atoms with Gasteiger partial charge in [-0.2, -0.15) is 0 Å². The van der Waals surface area contributed by atoms with Gasteiger partial charge in [0.1, 0.15) is 17.7 Å². The number of methoxy groups -OCH3 is 2. The number of aromatic amines is 2. The predicted molar refractivity (Wildman–Crippen MR) is 240 cm³/mol. The fraction of sp³-hybridized carbons (Fsp3) is 0.375. The van der Waals surface area contributed by atoms with Crippen molar-refractivity contribution in [3.63, 3.8) is 0 Å². The second-order valence-corrected chi connectivity index (χ2v) is 17.0. The molecular weight excluding hydrogens is 829 g/mol. The first-order valence-corrected chi connectivity index (χ1v) is 22.1.